The number of hydrogen-bond acceptors (Lipinski definition) is 5. The third-order valence-electron chi connectivity index (χ3n) is 5.20. The highest BCUT2D eigenvalue weighted by Gasteiger charge is 2.15. The minimum Gasteiger partial charge on any atom is -0.497 e. The zero-order chi connectivity index (χ0) is 20.9. The summed E-state index contributed by atoms with van der Waals surface area (Å²) < 4.78 is 6.52. The van der Waals surface area contributed by atoms with Gasteiger partial charge in [-0.1, -0.05) is 12.1 Å². The van der Waals surface area contributed by atoms with Gasteiger partial charge in [-0.2, -0.15) is 4.68 Å². The van der Waals surface area contributed by atoms with Gasteiger partial charge in [0, 0.05) is 31.3 Å². The predicted octanol–water partition coefficient (Wildman–Crippen LogP) is 2.77. The molecule has 0 atom stereocenters. The zero-order valence-corrected chi connectivity index (χ0v) is 16.9. The second-order valence-electron chi connectivity index (χ2n) is 7.21. The van der Waals surface area contributed by atoms with Crippen molar-refractivity contribution in [1.29, 1.82) is 0 Å². The summed E-state index contributed by atoms with van der Waals surface area (Å²) in [6, 6.07) is 17.7. The molecule has 3 aromatic rings. The van der Waals surface area contributed by atoms with Gasteiger partial charge >= 0.3 is 0 Å². The third-order valence-corrected chi connectivity index (χ3v) is 5.20. The van der Waals surface area contributed by atoms with Gasteiger partial charge in [0.25, 0.3) is 11.5 Å². The number of nitrogens with zero attached hydrogens (tertiary/aromatic N) is 3. The van der Waals surface area contributed by atoms with Crippen LogP contribution >= 0.6 is 0 Å². The Balaban J connectivity index is 1.45. The Bertz CT molecular complexity index is 1070. The predicted molar refractivity (Wildman–Crippen MR) is 115 cm³/mol. The molecule has 154 valence electrons. The number of nitrogens with one attached hydrogen (secondary N) is 1. The quantitative estimate of drug-likeness (QED) is 0.684. The van der Waals surface area contributed by atoms with E-state index in [2.05, 4.69) is 15.3 Å². The average molecular weight is 404 g/mol. The van der Waals surface area contributed by atoms with Gasteiger partial charge in [-0.15, -0.1) is 5.10 Å². The summed E-state index contributed by atoms with van der Waals surface area (Å²) in [6.45, 7) is 2.33. The number of ether oxygens (including phenoxy) is 1. The van der Waals surface area contributed by atoms with Crippen LogP contribution in [0.5, 0.6) is 5.75 Å². The van der Waals surface area contributed by atoms with E-state index < -0.39 is 0 Å². The van der Waals surface area contributed by atoms with Crippen LogP contribution in [0.25, 0.3) is 5.69 Å². The van der Waals surface area contributed by atoms with E-state index in [9.17, 15) is 9.59 Å². The first-order valence-electron chi connectivity index (χ1n) is 10.0. The molecule has 1 aliphatic rings. The minimum absolute atomic E-state index is 0.177. The third kappa shape index (κ3) is 4.35. The number of carbonyl (C=O) groups is 1. The molecule has 7 nitrogen and oxygen atoms in total. The lowest BCUT2D eigenvalue weighted by molar-refractivity contribution is 0.0951. The first-order valence-corrected chi connectivity index (χ1v) is 10.0. The van der Waals surface area contributed by atoms with Crippen LogP contribution in [0, 0.1) is 0 Å². The van der Waals surface area contributed by atoms with Gasteiger partial charge in [-0.05, 0) is 60.9 Å². The summed E-state index contributed by atoms with van der Waals surface area (Å²) in [4.78, 5) is 26.9. The molecule has 1 aliphatic heterocycles. The summed E-state index contributed by atoms with van der Waals surface area (Å²) >= 11 is 0. The first-order chi connectivity index (χ1) is 14.6. The number of carbonyl (C=O) groups excluding carboxylic acids is 1. The van der Waals surface area contributed by atoms with Crippen LogP contribution in [0.3, 0.4) is 0 Å². The fraction of sp³-hybridized carbons (Fsp3) is 0.261. The van der Waals surface area contributed by atoms with Crippen LogP contribution in [0.2, 0.25) is 0 Å². The monoisotopic (exact) mass is 404 g/mol. The molecule has 2 aromatic carbocycles. The molecule has 7 heteroatoms. The minimum atomic E-state index is -0.199. The van der Waals surface area contributed by atoms with Gasteiger partial charge in [-0.3, -0.25) is 9.59 Å². The van der Waals surface area contributed by atoms with Crippen molar-refractivity contribution in [1.82, 2.24) is 15.1 Å². The van der Waals surface area contributed by atoms with Crippen LogP contribution in [0.4, 0.5) is 5.82 Å². The highest BCUT2D eigenvalue weighted by Crippen LogP contribution is 2.17. The molecule has 0 aliphatic carbocycles. The number of rotatable bonds is 6. The van der Waals surface area contributed by atoms with E-state index in [0.29, 0.717) is 17.8 Å². The van der Waals surface area contributed by atoms with E-state index in [-0.39, 0.29) is 11.5 Å². The van der Waals surface area contributed by atoms with Crippen LogP contribution in [-0.2, 0) is 6.54 Å². The lowest BCUT2D eigenvalue weighted by atomic mass is 10.1. The van der Waals surface area contributed by atoms with Crippen molar-refractivity contribution in [2.75, 3.05) is 25.1 Å². The van der Waals surface area contributed by atoms with Crippen molar-refractivity contribution in [3.8, 4) is 11.4 Å². The number of anilines is 1. The van der Waals surface area contributed by atoms with E-state index in [1.807, 2.05) is 24.3 Å². The van der Waals surface area contributed by atoms with Gasteiger partial charge in [-0.25, -0.2) is 0 Å². The van der Waals surface area contributed by atoms with Gasteiger partial charge in [0.05, 0.1) is 12.8 Å². The molecule has 30 heavy (non-hydrogen) atoms. The summed E-state index contributed by atoms with van der Waals surface area (Å²) in [6.07, 6.45) is 2.28. The molecule has 0 saturated carbocycles. The zero-order valence-electron chi connectivity index (χ0n) is 16.9. The maximum Gasteiger partial charge on any atom is 0.271 e. The molecule has 1 amide bonds. The Kier molecular flexibility index (Phi) is 5.79. The Morgan fingerprint density at radius 3 is 2.37 bits per heavy atom. The Labute approximate surface area is 174 Å². The maximum absolute atomic E-state index is 12.5. The van der Waals surface area contributed by atoms with E-state index in [1.165, 1.54) is 10.7 Å². The topological polar surface area (TPSA) is 76.5 Å². The SMILES string of the molecule is COc1ccc(CNC(=O)c2ccc(-n3nc(N4CCCC4)ccc3=O)cc2)cc1. The molecule has 1 N–H and O–H groups in total. The molecule has 0 radical (unpaired) electrons. The number of methoxy groups -OCH3 is 1. The molecule has 0 unspecified atom stereocenters. The lowest BCUT2D eigenvalue weighted by Crippen LogP contribution is -2.26. The lowest BCUT2D eigenvalue weighted by Gasteiger charge is -2.17. The van der Waals surface area contributed by atoms with Crippen LogP contribution < -0.4 is 20.5 Å². The average Bonchev–Trinajstić information content (AvgIpc) is 3.33. The van der Waals surface area contributed by atoms with Crippen molar-refractivity contribution in [3.05, 3.63) is 82.1 Å². The Hall–Kier alpha value is -3.61. The highest BCUT2D eigenvalue weighted by atomic mass is 16.5. The summed E-state index contributed by atoms with van der Waals surface area (Å²) in [7, 11) is 1.62. The second kappa shape index (κ2) is 8.82. The fourth-order valence-electron chi connectivity index (χ4n) is 3.48. The number of aromatic nitrogens is 2. The van der Waals surface area contributed by atoms with Crippen LogP contribution in [-0.4, -0.2) is 35.9 Å². The molecule has 0 spiro atoms. The molecular formula is C23H24N4O3. The number of amides is 1. The second-order valence-corrected chi connectivity index (χ2v) is 7.21. The van der Waals surface area contributed by atoms with Gasteiger partial charge in [0.1, 0.15) is 11.6 Å². The largest absolute Gasteiger partial charge is 0.497 e. The maximum atomic E-state index is 12.5. The molecule has 1 saturated heterocycles. The number of hydrogen-bond donors (Lipinski definition) is 1. The molecule has 2 heterocycles. The Morgan fingerprint density at radius 2 is 1.70 bits per heavy atom. The van der Waals surface area contributed by atoms with Gasteiger partial charge in [0.15, 0.2) is 0 Å². The molecular weight excluding hydrogens is 380 g/mol. The Morgan fingerprint density at radius 1 is 1.00 bits per heavy atom. The van der Waals surface area contributed by atoms with Gasteiger partial charge < -0.3 is 15.0 Å². The van der Waals surface area contributed by atoms with Crippen LogP contribution in [0.15, 0.2) is 65.5 Å². The van der Waals surface area contributed by atoms with Crippen LogP contribution in [0.1, 0.15) is 28.8 Å². The van der Waals surface area contributed by atoms with E-state index in [1.54, 1.807) is 37.4 Å². The summed E-state index contributed by atoms with van der Waals surface area (Å²) in [5, 5.41) is 7.41. The fourth-order valence-corrected chi connectivity index (χ4v) is 3.48. The first kappa shape index (κ1) is 19.7. The summed E-state index contributed by atoms with van der Waals surface area (Å²) in [5.74, 6) is 1.40. The number of benzene rings is 2. The normalized spacial score (nSPS) is 13.3. The van der Waals surface area contributed by atoms with Crippen molar-refractivity contribution in [2.24, 2.45) is 0 Å². The van der Waals surface area contributed by atoms with Crippen molar-refractivity contribution in [2.45, 2.75) is 19.4 Å². The van der Waals surface area contributed by atoms with Gasteiger partial charge in [0.2, 0.25) is 0 Å². The smallest absolute Gasteiger partial charge is 0.271 e. The van der Waals surface area contributed by atoms with Crippen molar-refractivity contribution in [3.63, 3.8) is 0 Å². The molecule has 4 rings (SSSR count). The van der Waals surface area contributed by atoms with E-state index >= 15 is 0 Å². The molecule has 1 aromatic heterocycles. The summed E-state index contributed by atoms with van der Waals surface area (Å²) in [5.41, 5.74) is 1.94. The van der Waals surface area contributed by atoms with E-state index in [0.717, 1.165) is 43.1 Å². The standard InChI is InChI=1S/C23H24N4O3/c1-30-20-10-4-17(5-11-20)16-24-23(29)18-6-8-19(9-7-18)27-22(28)13-12-21(25-27)26-14-2-3-15-26/h4-13H,2-3,14-16H2,1H3,(H,24,29). The highest BCUT2D eigenvalue weighted by molar-refractivity contribution is 5.94. The molecule has 1 fully saturated rings. The molecule has 0 bridgehead atoms. The van der Waals surface area contributed by atoms with E-state index in [4.69, 9.17) is 4.74 Å². The van der Waals surface area contributed by atoms with Crippen molar-refractivity contribution >= 4 is 11.7 Å². The van der Waals surface area contributed by atoms with Crippen molar-refractivity contribution < 1.29 is 9.53 Å².